The normalized spacial score (nSPS) is 10.6. The summed E-state index contributed by atoms with van der Waals surface area (Å²) in [6, 6.07) is 14.2. The summed E-state index contributed by atoms with van der Waals surface area (Å²) in [5.41, 5.74) is 2.08. The average Bonchev–Trinajstić information content (AvgIpc) is 3.15. The van der Waals surface area contributed by atoms with Gasteiger partial charge in [-0.1, -0.05) is 36.4 Å². The number of thioether (sulfide) groups is 1. The molecule has 1 heterocycles. The number of halogens is 1. The van der Waals surface area contributed by atoms with E-state index in [0.29, 0.717) is 27.9 Å². The van der Waals surface area contributed by atoms with Crippen LogP contribution in [-0.2, 0) is 4.79 Å². The zero-order valence-electron chi connectivity index (χ0n) is 14.6. The number of rotatable bonds is 7. The molecule has 0 saturated carbocycles. The lowest BCUT2D eigenvalue weighted by Gasteiger charge is -2.07. The van der Waals surface area contributed by atoms with E-state index in [4.69, 9.17) is 11.6 Å². The van der Waals surface area contributed by atoms with Crippen LogP contribution in [0, 0.1) is 0 Å². The molecule has 0 aliphatic heterocycles. The fraction of sp³-hybridized carbons (Fsp3) is 0.158. The lowest BCUT2D eigenvalue weighted by atomic mass is 10.1. The molecule has 3 rings (SSSR count). The molecular weight excluding hydrogens is 384 g/mol. The van der Waals surface area contributed by atoms with Crippen molar-refractivity contribution in [2.45, 2.75) is 18.5 Å². The van der Waals surface area contributed by atoms with Crippen molar-refractivity contribution in [3.63, 3.8) is 0 Å². The lowest BCUT2D eigenvalue weighted by Crippen LogP contribution is -2.10. The van der Waals surface area contributed by atoms with Crippen LogP contribution >= 0.6 is 23.4 Å². The summed E-state index contributed by atoms with van der Waals surface area (Å²) in [6.45, 7) is 1.78. The van der Waals surface area contributed by atoms with Crippen LogP contribution in [0.15, 0.2) is 60.0 Å². The van der Waals surface area contributed by atoms with Crippen molar-refractivity contribution in [3.8, 4) is 5.69 Å². The molecule has 1 N–H and O–H groups in total. The van der Waals surface area contributed by atoms with Crippen LogP contribution in [-0.4, -0.2) is 32.2 Å². The summed E-state index contributed by atoms with van der Waals surface area (Å²) >= 11 is 7.34. The van der Waals surface area contributed by atoms with Gasteiger partial charge in [0.15, 0.2) is 10.9 Å². The first-order chi connectivity index (χ1) is 13.1. The highest BCUT2D eigenvalue weighted by atomic mass is 35.5. The smallest absolute Gasteiger partial charge is 0.224 e. The van der Waals surface area contributed by atoms with E-state index < -0.39 is 0 Å². The fourth-order valence-corrected chi connectivity index (χ4v) is 3.34. The Kier molecular flexibility index (Phi) is 6.26. The second-order valence-electron chi connectivity index (χ2n) is 5.65. The van der Waals surface area contributed by atoms with Gasteiger partial charge in [-0.15, -0.1) is 10.2 Å². The Bertz CT molecular complexity index is 956. The Balaban J connectivity index is 1.65. The average molecular weight is 401 g/mol. The maximum absolute atomic E-state index is 12.4. The Morgan fingerprint density at radius 2 is 1.96 bits per heavy atom. The van der Waals surface area contributed by atoms with Crippen molar-refractivity contribution < 1.29 is 9.59 Å². The van der Waals surface area contributed by atoms with Crippen molar-refractivity contribution in [1.29, 1.82) is 0 Å². The Hall–Kier alpha value is -2.64. The van der Waals surface area contributed by atoms with E-state index in [1.165, 1.54) is 11.8 Å². The molecule has 0 atom stereocenters. The van der Waals surface area contributed by atoms with Crippen LogP contribution in [0.5, 0.6) is 0 Å². The minimum Gasteiger partial charge on any atom is -0.326 e. The molecule has 0 saturated heterocycles. The largest absolute Gasteiger partial charge is 0.326 e. The molecule has 2 aromatic carbocycles. The number of benzene rings is 2. The van der Waals surface area contributed by atoms with E-state index in [-0.39, 0.29) is 17.4 Å². The molecule has 1 aromatic heterocycles. The molecule has 0 aliphatic rings. The Labute approximate surface area is 165 Å². The number of anilines is 1. The van der Waals surface area contributed by atoms with Gasteiger partial charge in [-0.2, -0.15) is 0 Å². The lowest BCUT2D eigenvalue weighted by molar-refractivity contribution is -0.115. The molecule has 6 nitrogen and oxygen atoms in total. The Morgan fingerprint density at radius 1 is 1.19 bits per heavy atom. The number of carbonyl (C=O) groups is 2. The zero-order chi connectivity index (χ0) is 19.2. The van der Waals surface area contributed by atoms with Gasteiger partial charge in [0, 0.05) is 22.7 Å². The summed E-state index contributed by atoms with van der Waals surface area (Å²) in [5.74, 6) is 0.124. The zero-order valence-corrected chi connectivity index (χ0v) is 16.1. The van der Waals surface area contributed by atoms with Crippen LogP contribution < -0.4 is 5.32 Å². The maximum Gasteiger partial charge on any atom is 0.224 e. The number of hydrogen-bond acceptors (Lipinski definition) is 5. The number of carbonyl (C=O) groups excluding carboxylic acids is 2. The number of amides is 1. The maximum atomic E-state index is 12.4. The van der Waals surface area contributed by atoms with E-state index >= 15 is 0 Å². The highest BCUT2D eigenvalue weighted by Crippen LogP contribution is 2.22. The van der Waals surface area contributed by atoms with Crippen LogP contribution in [0.2, 0.25) is 5.02 Å². The van der Waals surface area contributed by atoms with Crippen molar-refractivity contribution in [2.24, 2.45) is 0 Å². The van der Waals surface area contributed by atoms with Gasteiger partial charge in [-0.05, 0) is 42.5 Å². The SMILES string of the molecule is CCC(=O)Nc1ccc(C(=O)CSc2nncn2-c2cccc(Cl)c2)cc1. The highest BCUT2D eigenvalue weighted by Gasteiger charge is 2.12. The molecule has 0 radical (unpaired) electrons. The summed E-state index contributed by atoms with van der Waals surface area (Å²) in [5, 5.41) is 12.0. The number of Topliss-reactive ketones (excluding diaryl/α,β-unsaturated/α-hetero) is 1. The quantitative estimate of drug-likeness (QED) is 0.474. The third-order valence-electron chi connectivity index (χ3n) is 3.75. The van der Waals surface area contributed by atoms with E-state index in [1.54, 1.807) is 54.2 Å². The first kappa shape index (κ1) is 19.1. The van der Waals surface area contributed by atoms with E-state index in [9.17, 15) is 9.59 Å². The minimum absolute atomic E-state index is 0.0333. The summed E-state index contributed by atoms with van der Waals surface area (Å²) in [6.07, 6.45) is 1.99. The van der Waals surface area contributed by atoms with Gasteiger partial charge in [0.1, 0.15) is 6.33 Å². The van der Waals surface area contributed by atoms with E-state index in [0.717, 1.165) is 5.69 Å². The number of ketones is 1. The summed E-state index contributed by atoms with van der Waals surface area (Å²) in [4.78, 5) is 23.8. The van der Waals surface area contributed by atoms with Gasteiger partial charge in [0.05, 0.1) is 11.4 Å². The van der Waals surface area contributed by atoms with Crippen LogP contribution in [0.4, 0.5) is 5.69 Å². The summed E-state index contributed by atoms with van der Waals surface area (Å²) < 4.78 is 1.78. The molecular formula is C19H17ClN4O2S. The number of nitrogens with zero attached hydrogens (tertiary/aromatic N) is 3. The third-order valence-corrected chi connectivity index (χ3v) is 4.93. The number of aromatic nitrogens is 3. The van der Waals surface area contributed by atoms with Crippen LogP contribution in [0.3, 0.4) is 0 Å². The van der Waals surface area contributed by atoms with Gasteiger partial charge in [0.2, 0.25) is 5.91 Å². The predicted molar refractivity (Wildman–Crippen MR) is 107 cm³/mol. The summed E-state index contributed by atoms with van der Waals surface area (Å²) in [7, 11) is 0. The van der Waals surface area contributed by atoms with E-state index in [1.807, 2.05) is 12.1 Å². The Morgan fingerprint density at radius 3 is 2.67 bits per heavy atom. The first-order valence-corrected chi connectivity index (χ1v) is 9.65. The molecule has 3 aromatic rings. The molecule has 0 bridgehead atoms. The molecule has 1 amide bonds. The molecule has 27 heavy (non-hydrogen) atoms. The number of nitrogens with one attached hydrogen (secondary N) is 1. The van der Waals surface area contributed by atoms with Crippen molar-refractivity contribution in [1.82, 2.24) is 14.8 Å². The van der Waals surface area contributed by atoms with Crippen LogP contribution in [0.1, 0.15) is 23.7 Å². The van der Waals surface area contributed by atoms with Gasteiger partial charge in [-0.3, -0.25) is 14.2 Å². The molecule has 138 valence electrons. The van der Waals surface area contributed by atoms with Gasteiger partial charge < -0.3 is 5.32 Å². The molecule has 0 fully saturated rings. The van der Waals surface area contributed by atoms with Gasteiger partial charge in [0.25, 0.3) is 0 Å². The fourth-order valence-electron chi connectivity index (χ4n) is 2.33. The molecule has 8 heteroatoms. The van der Waals surface area contributed by atoms with Crippen molar-refractivity contribution >= 4 is 40.7 Å². The topological polar surface area (TPSA) is 76.9 Å². The predicted octanol–water partition coefficient (Wildman–Crippen LogP) is 4.24. The van der Waals surface area contributed by atoms with Gasteiger partial charge >= 0.3 is 0 Å². The highest BCUT2D eigenvalue weighted by molar-refractivity contribution is 7.99. The van der Waals surface area contributed by atoms with Crippen molar-refractivity contribution in [2.75, 3.05) is 11.1 Å². The minimum atomic E-state index is -0.0648. The molecule has 0 spiro atoms. The first-order valence-electron chi connectivity index (χ1n) is 8.28. The van der Waals surface area contributed by atoms with Gasteiger partial charge in [-0.25, -0.2) is 0 Å². The second kappa shape index (κ2) is 8.83. The standard InChI is InChI=1S/C19H17ClN4O2S/c1-2-18(26)22-15-8-6-13(7-9-15)17(25)11-27-19-23-21-12-24(19)16-5-3-4-14(20)10-16/h3-10,12H,2,11H2,1H3,(H,22,26). The van der Waals surface area contributed by atoms with Crippen LogP contribution in [0.25, 0.3) is 5.69 Å². The second-order valence-corrected chi connectivity index (χ2v) is 7.03. The molecule has 0 aliphatic carbocycles. The van der Waals surface area contributed by atoms with Crippen molar-refractivity contribution in [3.05, 3.63) is 65.4 Å². The number of hydrogen-bond donors (Lipinski definition) is 1. The third kappa shape index (κ3) is 4.96. The monoisotopic (exact) mass is 400 g/mol. The molecule has 0 unspecified atom stereocenters. The van der Waals surface area contributed by atoms with E-state index in [2.05, 4.69) is 15.5 Å².